The second-order valence-electron chi connectivity index (χ2n) is 4.55. The van der Waals surface area contributed by atoms with Gasteiger partial charge in [0.05, 0.1) is 0 Å². The molecule has 1 aromatic rings. The fourth-order valence-electron chi connectivity index (χ4n) is 2.27. The molecule has 0 aliphatic carbocycles. The summed E-state index contributed by atoms with van der Waals surface area (Å²) in [5.74, 6) is -0.572. The van der Waals surface area contributed by atoms with Gasteiger partial charge in [-0.25, -0.2) is 4.79 Å². The van der Waals surface area contributed by atoms with Crippen molar-refractivity contribution < 1.29 is 19.2 Å². The van der Waals surface area contributed by atoms with Gasteiger partial charge in [0.1, 0.15) is 11.8 Å². The highest BCUT2D eigenvalue weighted by Gasteiger charge is 2.31. The maximum absolute atomic E-state index is 12.1. The molecule has 1 amide bonds. The number of aliphatic carboxylic acids is 1. The molecule has 0 bridgehead atoms. The standard InChI is InChI=1S/C12H15ClN2O4/c13-10-7-8(19-14-10)4-5-11(16)15-6-2-1-3-9(15)12(17)18/h7,9H,1-6H2,(H,17,18). The summed E-state index contributed by atoms with van der Waals surface area (Å²) in [6.45, 7) is 0.507. The quantitative estimate of drug-likeness (QED) is 0.911. The minimum Gasteiger partial charge on any atom is -0.480 e. The van der Waals surface area contributed by atoms with Crippen LogP contribution in [0.3, 0.4) is 0 Å². The van der Waals surface area contributed by atoms with E-state index in [0.29, 0.717) is 25.1 Å². The van der Waals surface area contributed by atoms with E-state index in [-0.39, 0.29) is 17.5 Å². The molecule has 1 aromatic heterocycles. The summed E-state index contributed by atoms with van der Waals surface area (Å²) in [4.78, 5) is 24.6. The van der Waals surface area contributed by atoms with Crippen molar-refractivity contribution in [3.8, 4) is 0 Å². The van der Waals surface area contributed by atoms with Crippen LogP contribution in [0.15, 0.2) is 10.6 Å². The first-order chi connectivity index (χ1) is 9.08. The topological polar surface area (TPSA) is 83.6 Å². The number of carbonyl (C=O) groups excluding carboxylic acids is 1. The Labute approximate surface area is 115 Å². The Morgan fingerprint density at radius 2 is 2.32 bits per heavy atom. The number of carboxylic acid groups (broad SMARTS) is 1. The van der Waals surface area contributed by atoms with Crippen molar-refractivity contribution in [1.29, 1.82) is 0 Å². The molecule has 1 atom stereocenters. The number of carbonyl (C=O) groups is 2. The van der Waals surface area contributed by atoms with Gasteiger partial charge in [0.25, 0.3) is 0 Å². The average molecular weight is 287 g/mol. The van der Waals surface area contributed by atoms with Crippen molar-refractivity contribution in [3.63, 3.8) is 0 Å². The molecule has 19 heavy (non-hydrogen) atoms. The maximum Gasteiger partial charge on any atom is 0.326 e. The van der Waals surface area contributed by atoms with Crippen LogP contribution in [0.5, 0.6) is 0 Å². The Morgan fingerprint density at radius 1 is 1.53 bits per heavy atom. The van der Waals surface area contributed by atoms with Crippen LogP contribution in [0.25, 0.3) is 0 Å². The molecule has 0 radical (unpaired) electrons. The monoisotopic (exact) mass is 286 g/mol. The van der Waals surface area contributed by atoms with E-state index in [0.717, 1.165) is 12.8 Å². The highest BCUT2D eigenvalue weighted by Crippen LogP contribution is 2.19. The van der Waals surface area contributed by atoms with Gasteiger partial charge in [0.2, 0.25) is 5.91 Å². The number of piperidine rings is 1. The van der Waals surface area contributed by atoms with Crippen LogP contribution in [0.4, 0.5) is 0 Å². The first-order valence-electron chi connectivity index (χ1n) is 6.21. The van der Waals surface area contributed by atoms with Gasteiger partial charge < -0.3 is 14.5 Å². The zero-order valence-electron chi connectivity index (χ0n) is 10.3. The molecule has 2 rings (SSSR count). The molecule has 6 nitrogen and oxygen atoms in total. The number of nitrogens with zero attached hydrogens (tertiary/aromatic N) is 2. The van der Waals surface area contributed by atoms with Crippen molar-refractivity contribution in [2.45, 2.75) is 38.1 Å². The third-order valence-electron chi connectivity index (χ3n) is 3.22. The van der Waals surface area contributed by atoms with E-state index in [4.69, 9.17) is 21.2 Å². The second kappa shape index (κ2) is 6.06. The molecule has 1 aliphatic heterocycles. The predicted molar refractivity (Wildman–Crippen MR) is 66.8 cm³/mol. The number of carboxylic acids is 1. The summed E-state index contributed by atoms with van der Waals surface area (Å²) >= 11 is 5.61. The van der Waals surface area contributed by atoms with Crippen LogP contribution in [0.2, 0.25) is 5.15 Å². The van der Waals surface area contributed by atoms with Crippen molar-refractivity contribution in [1.82, 2.24) is 10.1 Å². The summed E-state index contributed by atoms with van der Waals surface area (Å²) in [5.41, 5.74) is 0. The Kier molecular flexibility index (Phi) is 4.42. The van der Waals surface area contributed by atoms with E-state index in [1.165, 1.54) is 4.90 Å². The summed E-state index contributed by atoms with van der Waals surface area (Å²) in [7, 11) is 0. The van der Waals surface area contributed by atoms with Crippen LogP contribution in [-0.4, -0.2) is 39.6 Å². The first kappa shape index (κ1) is 13.9. The molecule has 2 heterocycles. The average Bonchev–Trinajstić information content (AvgIpc) is 2.81. The van der Waals surface area contributed by atoms with Gasteiger partial charge in [-0.15, -0.1) is 0 Å². The number of amides is 1. The van der Waals surface area contributed by atoms with E-state index in [9.17, 15) is 9.59 Å². The van der Waals surface area contributed by atoms with Gasteiger partial charge in [-0.05, 0) is 19.3 Å². The van der Waals surface area contributed by atoms with Gasteiger partial charge >= 0.3 is 5.97 Å². The highest BCUT2D eigenvalue weighted by atomic mass is 35.5. The Balaban J connectivity index is 1.92. The summed E-state index contributed by atoms with van der Waals surface area (Å²) in [6.07, 6.45) is 2.80. The van der Waals surface area contributed by atoms with Crippen molar-refractivity contribution in [2.24, 2.45) is 0 Å². The SMILES string of the molecule is O=C(O)C1CCCCN1C(=O)CCc1cc(Cl)no1. The largest absolute Gasteiger partial charge is 0.480 e. The molecule has 1 fully saturated rings. The zero-order valence-corrected chi connectivity index (χ0v) is 11.1. The zero-order chi connectivity index (χ0) is 13.8. The third-order valence-corrected chi connectivity index (χ3v) is 3.40. The lowest BCUT2D eigenvalue weighted by atomic mass is 10.0. The minimum atomic E-state index is -0.934. The van der Waals surface area contributed by atoms with E-state index < -0.39 is 12.0 Å². The number of hydrogen-bond acceptors (Lipinski definition) is 4. The van der Waals surface area contributed by atoms with E-state index in [1.54, 1.807) is 6.07 Å². The summed E-state index contributed by atoms with van der Waals surface area (Å²) in [5, 5.41) is 12.9. The third kappa shape index (κ3) is 3.47. The fourth-order valence-corrected chi connectivity index (χ4v) is 2.42. The predicted octanol–water partition coefficient (Wildman–Crippen LogP) is 1.73. The Hall–Kier alpha value is -1.56. The molecule has 104 valence electrons. The lowest BCUT2D eigenvalue weighted by Crippen LogP contribution is -2.48. The minimum absolute atomic E-state index is 0.167. The van der Waals surface area contributed by atoms with Crippen molar-refractivity contribution in [3.05, 3.63) is 17.0 Å². The lowest BCUT2D eigenvalue weighted by Gasteiger charge is -2.32. The number of halogens is 1. The Bertz CT molecular complexity index is 474. The molecule has 1 aliphatic rings. The van der Waals surface area contributed by atoms with Crippen LogP contribution in [-0.2, 0) is 16.0 Å². The normalized spacial score (nSPS) is 19.4. The van der Waals surface area contributed by atoms with Gasteiger partial charge in [-0.1, -0.05) is 16.8 Å². The van der Waals surface area contributed by atoms with Crippen LogP contribution >= 0.6 is 11.6 Å². The van der Waals surface area contributed by atoms with Gasteiger partial charge in [0.15, 0.2) is 5.15 Å². The molecular formula is C12H15ClN2O4. The number of rotatable bonds is 4. The lowest BCUT2D eigenvalue weighted by molar-refractivity contribution is -0.152. The van der Waals surface area contributed by atoms with Gasteiger partial charge in [0, 0.05) is 25.5 Å². The number of aryl methyl sites for hydroxylation is 1. The summed E-state index contributed by atoms with van der Waals surface area (Å²) in [6, 6.07) is 0.860. The highest BCUT2D eigenvalue weighted by molar-refractivity contribution is 6.29. The molecule has 1 N–H and O–H groups in total. The molecular weight excluding hydrogens is 272 g/mol. The molecule has 0 saturated carbocycles. The molecule has 7 heteroatoms. The summed E-state index contributed by atoms with van der Waals surface area (Å²) < 4.78 is 4.91. The number of hydrogen-bond donors (Lipinski definition) is 1. The number of aromatic nitrogens is 1. The fraction of sp³-hybridized carbons (Fsp3) is 0.583. The second-order valence-corrected chi connectivity index (χ2v) is 4.94. The maximum atomic E-state index is 12.1. The van der Waals surface area contributed by atoms with Crippen LogP contribution < -0.4 is 0 Å². The van der Waals surface area contributed by atoms with Crippen molar-refractivity contribution in [2.75, 3.05) is 6.54 Å². The molecule has 0 aromatic carbocycles. The van der Waals surface area contributed by atoms with Gasteiger partial charge in [-0.3, -0.25) is 4.79 Å². The van der Waals surface area contributed by atoms with Crippen molar-refractivity contribution >= 4 is 23.5 Å². The van der Waals surface area contributed by atoms with Gasteiger partial charge in [-0.2, -0.15) is 0 Å². The first-order valence-corrected chi connectivity index (χ1v) is 6.59. The van der Waals surface area contributed by atoms with E-state index >= 15 is 0 Å². The van der Waals surface area contributed by atoms with Crippen LogP contribution in [0.1, 0.15) is 31.4 Å². The van der Waals surface area contributed by atoms with Crippen LogP contribution in [0, 0.1) is 0 Å². The molecule has 1 saturated heterocycles. The molecule has 1 unspecified atom stereocenters. The van der Waals surface area contributed by atoms with E-state index in [1.807, 2.05) is 0 Å². The van der Waals surface area contributed by atoms with E-state index in [2.05, 4.69) is 5.16 Å². The Morgan fingerprint density at radius 3 is 2.95 bits per heavy atom. The smallest absolute Gasteiger partial charge is 0.326 e. The molecule has 0 spiro atoms. The number of likely N-dealkylation sites (tertiary alicyclic amines) is 1.